The summed E-state index contributed by atoms with van der Waals surface area (Å²) in [6, 6.07) is 7.70. The molecule has 0 atom stereocenters. The van der Waals surface area contributed by atoms with Gasteiger partial charge in [-0.1, -0.05) is 12.1 Å². The third-order valence-corrected chi connectivity index (χ3v) is 4.69. The molecule has 0 saturated carbocycles. The molecule has 0 aliphatic carbocycles. The molecule has 0 radical (unpaired) electrons. The van der Waals surface area contributed by atoms with Gasteiger partial charge in [-0.15, -0.1) is 10.2 Å². The molecule has 1 aromatic carbocycles. The molecule has 3 rings (SSSR count). The first kappa shape index (κ1) is 20.4. The van der Waals surface area contributed by atoms with Crippen LogP contribution in [0.1, 0.15) is 34.6 Å². The Morgan fingerprint density at radius 2 is 2.00 bits per heavy atom. The summed E-state index contributed by atoms with van der Waals surface area (Å²) in [5, 5.41) is 12.0. The van der Waals surface area contributed by atoms with Gasteiger partial charge in [0, 0.05) is 35.5 Å². The molecule has 3 aromatic rings. The van der Waals surface area contributed by atoms with Gasteiger partial charge in [-0.3, -0.25) is 9.59 Å². The molecule has 2 heterocycles. The fraction of sp³-hybridized carbons (Fsp3) is 0.350. The lowest BCUT2D eigenvalue weighted by Gasteiger charge is -2.09. The Hall–Kier alpha value is -3.36. The average molecular weight is 399 g/mol. The maximum absolute atomic E-state index is 13.4. The van der Waals surface area contributed by atoms with Crippen LogP contribution in [0.3, 0.4) is 0 Å². The Kier molecular flexibility index (Phi) is 6.16. The third kappa shape index (κ3) is 4.74. The first-order chi connectivity index (χ1) is 13.9. The summed E-state index contributed by atoms with van der Waals surface area (Å²) in [5.74, 6) is -0.546. The van der Waals surface area contributed by atoms with Gasteiger partial charge in [0.2, 0.25) is 5.82 Å². The monoisotopic (exact) mass is 399 g/mol. The predicted molar refractivity (Wildman–Crippen MR) is 103 cm³/mol. The number of ketones is 1. The van der Waals surface area contributed by atoms with Crippen molar-refractivity contribution in [2.45, 2.75) is 39.8 Å². The Balaban J connectivity index is 1.70. The Bertz CT molecular complexity index is 1040. The molecule has 0 aliphatic heterocycles. The van der Waals surface area contributed by atoms with E-state index in [2.05, 4.69) is 20.1 Å². The first-order valence-electron chi connectivity index (χ1n) is 9.19. The van der Waals surface area contributed by atoms with Crippen molar-refractivity contribution in [3.05, 3.63) is 53.1 Å². The molecular formula is C20H22FN5O3. The van der Waals surface area contributed by atoms with Crippen molar-refractivity contribution in [3.63, 3.8) is 0 Å². The van der Waals surface area contributed by atoms with E-state index in [9.17, 15) is 14.0 Å². The van der Waals surface area contributed by atoms with E-state index in [4.69, 9.17) is 0 Å². The van der Waals surface area contributed by atoms with Gasteiger partial charge in [-0.2, -0.15) is 4.80 Å². The third-order valence-electron chi connectivity index (χ3n) is 4.69. The van der Waals surface area contributed by atoms with Crippen LogP contribution in [0.15, 0.2) is 30.3 Å². The fourth-order valence-corrected chi connectivity index (χ4v) is 3.18. The number of benzene rings is 1. The van der Waals surface area contributed by atoms with Crippen LogP contribution in [0.2, 0.25) is 0 Å². The first-order valence-corrected chi connectivity index (χ1v) is 9.19. The number of hydrogen-bond donors (Lipinski definition) is 0. The van der Waals surface area contributed by atoms with Gasteiger partial charge in [-0.25, -0.2) is 4.39 Å². The standard InChI is InChI=1S/C20H22FN5O3/c1-13-10-17(14(2)25(13)9-5-8-19(28)29-3)18(27)12-26-23-20(22-24-26)15-6-4-7-16(21)11-15/h4,6-7,10-11H,5,8-9,12H2,1-3H3. The number of rotatable bonds is 8. The second-order valence-electron chi connectivity index (χ2n) is 6.69. The number of aromatic nitrogens is 5. The van der Waals surface area contributed by atoms with Crippen LogP contribution in [0.25, 0.3) is 11.4 Å². The minimum atomic E-state index is -0.394. The molecule has 0 unspecified atom stereocenters. The van der Waals surface area contributed by atoms with E-state index < -0.39 is 5.82 Å². The zero-order valence-corrected chi connectivity index (χ0v) is 16.6. The smallest absolute Gasteiger partial charge is 0.305 e. The quantitative estimate of drug-likeness (QED) is 0.427. The highest BCUT2D eigenvalue weighted by Gasteiger charge is 2.18. The summed E-state index contributed by atoms with van der Waals surface area (Å²) in [5.41, 5.74) is 2.82. The molecule has 0 amide bonds. The summed E-state index contributed by atoms with van der Waals surface area (Å²) in [7, 11) is 1.36. The van der Waals surface area contributed by atoms with Crippen molar-refractivity contribution in [2.24, 2.45) is 0 Å². The van der Waals surface area contributed by atoms with Crippen molar-refractivity contribution < 1.29 is 18.7 Å². The molecule has 29 heavy (non-hydrogen) atoms. The predicted octanol–water partition coefficient (Wildman–Crippen LogP) is 2.73. The maximum Gasteiger partial charge on any atom is 0.305 e. The topological polar surface area (TPSA) is 91.9 Å². The molecular weight excluding hydrogens is 377 g/mol. The van der Waals surface area contributed by atoms with Crippen molar-refractivity contribution in [1.82, 2.24) is 24.8 Å². The van der Waals surface area contributed by atoms with Gasteiger partial charge in [0.05, 0.1) is 7.11 Å². The second-order valence-corrected chi connectivity index (χ2v) is 6.69. The van der Waals surface area contributed by atoms with E-state index in [1.807, 2.05) is 24.5 Å². The number of aryl methyl sites for hydroxylation is 1. The minimum absolute atomic E-state index is 0.0746. The number of nitrogens with zero attached hydrogens (tertiary/aromatic N) is 5. The lowest BCUT2D eigenvalue weighted by molar-refractivity contribution is -0.140. The largest absolute Gasteiger partial charge is 0.469 e. The number of tetrazole rings is 1. The van der Waals surface area contributed by atoms with E-state index in [1.165, 1.54) is 24.0 Å². The van der Waals surface area contributed by atoms with Crippen molar-refractivity contribution in [1.29, 1.82) is 0 Å². The van der Waals surface area contributed by atoms with Crippen LogP contribution in [-0.2, 0) is 22.6 Å². The van der Waals surface area contributed by atoms with Gasteiger partial charge in [0.15, 0.2) is 5.78 Å². The molecule has 0 spiro atoms. The second kappa shape index (κ2) is 8.76. The number of ether oxygens (including phenoxy) is 1. The van der Waals surface area contributed by atoms with E-state index in [0.29, 0.717) is 30.5 Å². The summed E-state index contributed by atoms with van der Waals surface area (Å²) in [6.45, 7) is 4.32. The summed E-state index contributed by atoms with van der Waals surface area (Å²) in [6.07, 6.45) is 0.945. The van der Waals surface area contributed by atoms with Crippen LogP contribution in [-0.4, -0.2) is 43.6 Å². The number of carbonyl (C=O) groups is 2. The zero-order valence-electron chi connectivity index (χ0n) is 16.6. The minimum Gasteiger partial charge on any atom is -0.469 e. The summed E-state index contributed by atoms with van der Waals surface area (Å²) < 4.78 is 20.0. The molecule has 8 nitrogen and oxygen atoms in total. The van der Waals surface area contributed by atoms with Gasteiger partial charge in [-0.05, 0) is 43.7 Å². The highest BCUT2D eigenvalue weighted by Crippen LogP contribution is 2.18. The average Bonchev–Trinajstić information content (AvgIpc) is 3.27. The highest BCUT2D eigenvalue weighted by atomic mass is 19.1. The zero-order chi connectivity index (χ0) is 21.0. The lowest BCUT2D eigenvalue weighted by atomic mass is 10.1. The highest BCUT2D eigenvalue weighted by molar-refractivity contribution is 5.97. The molecule has 0 saturated heterocycles. The fourth-order valence-electron chi connectivity index (χ4n) is 3.18. The number of esters is 1. The van der Waals surface area contributed by atoms with E-state index in [-0.39, 0.29) is 24.1 Å². The van der Waals surface area contributed by atoms with Crippen LogP contribution in [0, 0.1) is 19.7 Å². The van der Waals surface area contributed by atoms with Gasteiger partial charge in [0.25, 0.3) is 0 Å². The number of carbonyl (C=O) groups excluding carboxylic acids is 2. The molecule has 2 aromatic heterocycles. The van der Waals surface area contributed by atoms with Crippen LogP contribution in [0.5, 0.6) is 0 Å². The van der Waals surface area contributed by atoms with Crippen LogP contribution < -0.4 is 0 Å². The Labute approximate surface area is 167 Å². The van der Waals surface area contributed by atoms with E-state index in [1.54, 1.807) is 12.1 Å². The van der Waals surface area contributed by atoms with Gasteiger partial charge in [0.1, 0.15) is 12.4 Å². The summed E-state index contributed by atoms with van der Waals surface area (Å²) in [4.78, 5) is 25.2. The van der Waals surface area contributed by atoms with Crippen molar-refractivity contribution in [2.75, 3.05) is 7.11 Å². The molecule has 9 heteroatoms. The van der Waals surface area contributed by atoms with Gasteiger partial charge < -0.3 is 9.30 Å². The maximum atomic E-state index is 13.4. The normalized spacial score (nSPS) is 10.9. The number of halogens is 1. The Morgan fingerprint density at radius 3 is 2.72 bits per heavy atom. The Morgan fingerprint density at radius 1 is 1.21 bits per heavy atom. The van der Waals surface area contributed by atoms with Crippen LogP contribution in [0.4, 0.5) is 4.39 Å². The molecule has 0 bridgehead atoms. The van der Waals surface area contributed by atoms with Gasteiger partial charge >= 0.3 is 5.97 Å². The molecule has 0 aliphatic rings. The number of Topliss-reactive ketones (excluding diaryl/α,β-unsaturated/α-hetero) is 1. The molecule has 0 N–H and O–H groups in total. The molecule has 0 fully saturated rings. The number of hydrogen-bond acceptors (Lipinski definition) is 6. The van der Waals surface area contributed by atoms with Crippen molar-refractivity contribution in [3.8, 4) is 11.4 Å². The lowest BCUT2D eigenvalue weighted by Crippen LogP contribution is -2.14. The molecule has 152 valence electrons. The van der Waals surface area contributed by atoms with Crippen molar-refractivity contribution >= 4 is 11.8 Å². The van der Waals surface area contributed by atoms with E-state index >= 15 is 0 Å². The SMILES string of the molecule is COC(=O)CCCn1c(C)cc(C(=O)Cn2nnc(-c3cccc(F)c3)n2)c1C. The summed E-state index contributed by atoms with van der Waals surface area (Å²) >= 11 is 0. The van der Waals surface area contributed by atoms with E-state index in [0.717, 1.165) is 11.4 Å². The van der Waals surface area contributed by atoms with Crippen LogP contribution >= 0.6 is 0 Å². The number of methoxy groups -OCH3 is 1.